The molecule has 2 fully saturated rings. The molecule has 0 saturated carbocycles. The van der Waals surface area contributed by atoms with Gasteiger partial charge in [-0.15, -0.1) is 0 Å². The number of hydrogen-bond donors (Lipinski definition) is 2. The summed E-state index contributed by atoms with van der Waals surface area (Å²) in [5, 5.41) is 8.75. The molecule has 12 heavy (non-hydrogen) atoms. The van der Waals surface area contributed by atoms with E-state index in [0.29, 0.717) is 0 Å². The highest BCUT2D eigenvalue weighted by Crippen LogP contribution is 2.55. The lowest BCUT2D eigenvalue weighted by atomic mass is 10.2. The monoisotopic (exact) mass is 196 g/mol. The number of ether oxygens (including phenoxy) is 1. The number of phosphoric acid groups is 1. The zero-order valence-electron chi connectivity index (χ0n) is 6.12. The second-order valence-corrected chi connectivity index (χ2v) is 4.10. The molecular formula is C5H9O6P. The molecule has 2 heterocycles. The maximum Gasteiger partial charge on any atom is 0.473 e. The number of aliphatic hydroxyl groups is 1. The third-order valence-electron chi connectivity index (χ3n) is 1.91. The molecule has 7 heteroatoms. The Kier molecular flexibility index (Phi) is 1.99. The molecule has 0 bridgehead atoms. The van der Waals surface area contributed by atoms with Crippen molar-refractivity contribution in [1.29, 1.82) is 0 Å². The normalized spacial score (nSPS) is 52.7. The topological polar surface area (TPSA) is 85.2 Å². The van der Waals surface area contributed by atoms with E-state index >= 15 is 0 Å². The maximum atomic E-state index is 10.9. The van der Waals surface area contributed by atoms with Crippen LogP contribution in [0.25, 0.3) is 0 Å². The van der Waals surface area contributed by atoms with Gasteiger partial charge in [0, 0.05) is 0 Å². The lowest BCUT2D eigenvalue weighted by Crippen LogP contribution is -2.29. The highest BCUT2D eigenvalue weighted by molar-refractivity contribution is 7.47. The minimum atomic E-state index is -3.86. The van der Waals surface area contributed by atoms with Crippen molar-refractivity contribution in [2.45, 2.75) is 18.3 Å². The van der Waals surface area contributed by atoms with Crippen LogP contribution < -0.4 is 0 Å². The molecule has 4 atom stereocenters. The van der Waals surface area contributed by atoms with E-state index in [4.69, 9.17) is 14.7 Å². The highest BCUT2D eigenvalue weighted by Gasteiger charge is 2.51. The Balaban J connectivity index is 2.11. The molecule has 3 unspecified atom stereocenters. The fourth-order valence-electron chi connectivity index (χ4n) is 1.38. The van der Waals surface area contributed by atoms with Crippen molar-refractivity contribution >= 4 is 7.82 Å². The Hall–Kier alpha value is 0.0300. The van der Waals surface area contributed by atoms with Crippen molar-refractivity contribution in [2.24, 2.45) is 0 Å². The lowest BCUT2D eigenvalue weighted by molar-refractivity contribution is 0.00882. The van der Waals surface area contributed by atoms with Gasteiger partial charge in [-0.2, -0.15) is 0 Å². The van der Waals surface area contributed by atoms with Crippen LogP contribution in [0, 0.1) is 0 Å². The Bertz CT molecular complexity index is 230. The average Bonchev–Trinajstić information content (AvgIpc) is 2.42. The summed E-state index contributed by atoms with van der Waals surface area (Å²) < 4.78 is 25.2. The van der Waals surface area contributed by atoms with Crippen molar-refractivity contribution in [1.82, 2.24) is 0 Å². The minimum Gasteiger partial charge on any atom is -0.394 e. The Morgan fingerprint density at radius 2 is 2.25 bits per heavy atom. The molecule has 0 aromatic heterocycles. The van der Waals surface area contributed by atoms with E-state index in [-0.39, 0.29) is 13.2 Å². The molecule has 2 N–H and O–H groups in total. The molecule has 2 saturated heterocycles. The number of hydrogen-bond acceptors (Lipinski definition) is 5. The first-order chi connectivity index (χ1) is 5.62. The van der Waals surface area contributed by atoms with Crippen LogP contribution in [-0.2, 0) is 18.3 Å². The van der Waals surface area contributed by atoms with Gasteiger partial charge in [-0.3, -0.25) is 9.05 Å². The smallest absolute Gasteiger partial charge is 0.394 e. The molecule has 2 rings (SSSR count). The SMILES string of the molecule is O=P1(O)OC2CO[C@H](CO)C2O1. The summed E-state index contributed by atoms with van der Waals surface area (Å²) in [5.74, 6) is 0. The molecular weight excluding hydrogens is 187 g/mol. The Morgan fingerprint density at radius 1 is 1.50 bits per heavy atom. The number of phosphoric ester groups is 1. The molecule has 0 aromatic carbocycles. The fraction of sp³-hybridized carbons (Fsp3) is 1.00. The van der Waals surface area contributed by atoms with Crippen LogP contribution in [0.2, 0.25) is 0 Å². The van der Waals surface area contributed by atoms with Crippen molar-refractivity contribution in [3.05, 3.63) is 0 Å². The van der Waals surface area contributed by atoms with Gasteiger partial charge in [0.1, 0.15) is 18.3 Å². The van der Waals surface area contributed by atoms with E-state index in [1.165, 1.54) is 0 Å². The van der Waals surface area contributed by atoms with Crippen molar-refractivity contribution < 1.29 is 28.3 Å². The van der Waals surface area contributed by atoms with Gasteiger partial charge in [-0.05, 0) is 0 Å². The van der Waals surface area contributed by atoms with E-state index in [1.54, 1.807) is 0 Å². The van der Waals surface area contributed by atoms with Crippen molar-refractivity contribution in [3.63, 3.8) is 0 Å². The van der Waals surface area contributed by atoms with Gasteiger partial charge in [-0.1, -0.05) is 0 Å². The highest BCUT2D eigenvalue weighted by atomic mass is 31.2. The Morgan fingerprint density at radius 3 is 2.92 bits per heavy atom. The average molecular weight is 196 g/mol. The van der Waals surface area contributed by atoms with Crippen molar-refractivity contribution in [2.75, 3.05) is 13.2 Å². The first-order valence-electron chi connectivity index (χ1n) is 3.54. The molecule has 70 valence electrons. The van der Waals surface area contributed by atoms with Gasteiger partial charge in [0.25, 0.3) is 0 Å². The van der Waals surface area contributed by atoms with Crippen LogP contribution >= 0.6 is 7.82 Å². The van der Waals surface area contributed by atoms with Crippen LogP contribution in [0.15, 0.2) is 0 Å². The summed E-state index contributed by atoms with van der Waals surface area (Å²) in [7, 11) is -3.86. The summed E-state index contributed by atoms with van der Waals surface area (Å²) >= 11 is 0. The van der Waals surface area contributed by atoms with Crippen LogP contribution in [0.1, 0.15) is 0 Å². The van der Waals surface area contributed by atoms with E-state index in [0.717, 1.165) is 0 Å². The number of aliphatic hydroxyl groups excluding tert-OH is 1. The molecule has 0 radical (unpaired) electrons. The second-order valence-electron chi connectivity index (χ2n) is 2.74. The molecule has 6 nitrogen and oxygen atoms in total. The summed E-state index contributed by atoms with van der Waals surface area (Å²) in [6, 6.07) is 0. The third-order valence-corrected chi connectivity index (χ3v) is 2.96. The van der Waals surface area contributed by atoms with Gasteiger partial charge >= 0.3 is 7.82 Å². The first kappa shape index (κ1) is 8.62. The van der Waals surface area contributed by atoms with Gasteiger partial charge in [0.15, 0.2) is 0 Å². The zero-order chi connectivity index (χ0) is 8.77. The van der Waals surface area contributed by atoms with Crippen LogP contribution in [0.4, 0.5) is 0 Å². The lowest BCUT2D eigenvalue weighted by Gasteiger charge is -2.11. The third kappa shape index (κ3) is 1.31. The molecule has 0 amide bonds. The van der Waals surface area contributed by atoms with Crippen LogP contribution in [0.5, 0.6) is 0 Å². The van der Waals surface area contributed by atoms with E-state index < -0.39 is 26.1 Å². The zero-order valence-corrected chi connectivity index (χ0v) is 7.02. The summed E-state index contributed by atoms with van der Waals surface area (Å²) in [6.07, 6.45) is -1.67. The van der Waals surface area contributed by atoms with Gasteiger partial charge in [0.05, 0.1) is 13.2 Å². The maximum absolute atomic E-state index is 10.9. The van der Waals surface area contributed by atoms with E-state index in [9.17, 15) is 4.57 Å². The molecule has 2 aliphatic heterocycles. The predicted molar refractivity (Wildman–Crippen MR) is 36.4 cm³/mol. The minimum absolute atomic E-state index is 0.195. The molecule has 0 aromatic rings. The summed E-state index contributed by atoms with van der Waals surface area (Å²) in [5.41, 5.74) is 0. The second kappa shape index (κ2) is 2.77. The van der Waals surface area contributed by atoms with Gasteiger partial charge in [-0.25, -0.2) is 4.57 Å². The molecule has 2 aliphatic rings. The quantitative estimate of drug-likeness (QED) is 0.537. The summed E-state index contributed by atoms with van der Waals surface area (Å²) in [4.78, 5) is 8.89. The molecule has 0 spiro atoms. The Labute approximate surface area is 68.7 Å². The van der Waals surface area contributed by atoms with Gasteiger partial charge in [0.2, 0.25) is 0 Å². The number of rotatable bonds is 1. The van der Waals surface area contributed by atoms with Crippen LogP contribution in [-0.4, -0.2) is 41.5 Å². The molecule has 0 aliphatic carbocycles. The predicted octanol–water partition coefficient (Wildman–Crippen LogP) is -0.738. The fourth-order valence-corrected chi connectivity index (χ4v) is 2.53. The largest absolute Gasteiger partial charge is 0.473 e. The first-order valence-corrected chi connectivity index (χ1v) is 5.04. The standard InChI is InChI=1S/C5H9O6P/c6-1-3-5-4(2-9-3)10-12(7,8)11-5/h3-6H,1-2H2,(H,7,8)/t3-,4?,5?/m1/s1. The van der Waals surface area contributed by atoms with E-state index in [2.05, 4.69) is 9.05 Å². The summed E-state index contributed by atoms with van der Waals surface area (Å²) in [6.45, 7) is -0.0367. The number of fused-ring (bicyclic) bond motifs is 1. The van der Waals surface area contributed by atoms with Crippen LogP contribution in [0.3, 0.4) is 0 Å². The van der Waals surface area contributed by atoms with Crippen molar-refractivity contribution in [3.8, 4) is 0 Å². The van der Waals surface area contributed by atoms with E-state index in [1.807, 2.05) is 0 Å². The van der Waals surface area contributed by atoms with Gasteiger partial charge < -0.3 is 14.7 Å².